The number of phenolic OH excluding ortho intramolecular Hbond substituents is 1. The predicted octanol–water partition coefficient (Wildman–Crippen LogP) is 4.88. The Balaban J connectivity index is 1.42. The molecular formula is C36H45N3O8. The zero-order chi connectivity index (χ0) is 34.1. The maximum atomic E-state index is 11.6. The van der Waals surface area contributed by atoms with Crippen LogP contribution >= 0.6 is 0 Å². The molecule has 3 N–H and O–H groups in total. The molecule has 0 amide bonds. The van der Waals surface area contributed by atoms with E-state index in [-0.39, 0.29) is 24.8 Å². The van der Waals surface area contributed by atoms with Gasteiger partial charge in [0.25, 0.3) is 0 Å². The first-order chi connectivity index (χ1) is 22.2. The van der Waals surface area contributed by atoms with Crippen molar-refractivity contribution in [2.24, 2.45) is 11.3 Å². The number of hydrogen-bond donors (Lipinski definition) is 3. The highest BCUT2D eigenvalue weighted by molar-refractivity contribution is 5.74. The number of fused-ring (bicyclic) bond motifs is 2. The fourth-order valence-corrected chi connectivity index (χ4v) is 6.81. The first-order valence-electron chi connectivity index (χ1n) is 15.8. The van der Waals surface area contributed by atoms with E-state index in [1.165, 1.54) is 11.8 Å². The van der Waals surface area contributed by atoms with Crippen LogP contribution in [0.1, 0.15) is 69.0 Å². The number of allylic oxidation sites excluding steroid dienone is 2. The van der Waals surface area contributed by atoms with Gasteiger partial charge in [0.05, 0.1) is 32.6 Å². The Bertz CT molecular complexity index is 1690. The van der Waals surface area contributed by atoms with E-state index in [1.54, 1.807) is 19.4 Å². The zero-order valence-electron chi connectivity index (χ0n) is 28.1. The van der Waals surface area contributed by atoms with Crippen LogP contribution in [0.5, 0.6) is 23.0 Å². The number of carbonyl (C=O) groups excluding carboxylic acids is 1. The van der Waals surface area contributed by atoms with E-state index in [1.807, 2.05) is 65.0 Å². The molecule has 1 aromatic heterocycles. The number of aromatic hydroxyl groups is 1. The molecule has 0 spiro atoms. The molecule has 0 bridgehead atoms. The van der Waals surface area contributed by atoms with Gasteiger partial charge in [0.1, 0.15) is 35.9 Å². The number of esters is 1. The summed E-state index contributed by atoms with van der Waals surface area (Å²) in [6.45, 7) is 9.98. The van der Waals surface area contributed by atoms with Crippen molar-refractivity contribution in [3.8, 4) is 23.0 Å². The fraction of sp³-hybridized carbons (Fsp3) is 0.472. The Morgan fingerprint density at radius 2 is 1.79 bits per heavy atom. The molecule has 0 saturated heterocycles. The van der Waals surface area contributed by atoms with Crippen LogP contribution in [-0.4, -0.2) is 68.3 Å². The first kappa shape index (κ1) is 34.0. The fourth-order valence-electron chi connectivity index (χ4n) is 6.81. The standard InChI is InChI=1S/C36H45N3O8/c1-21(2)8-11-26-27(40)13-23(14-29(26)46-20-25-18-39(38-37-25)19-32(42)45-7)10-9-22-12-24-16-31-35(3,4)34(43)28(41)17-36(31,5)47-33(24)30(15-22)44-6/h8-10,12-15,18,28,31,34,40-41,43H,11,16-17,19-20H2,1-7H3/b10-9+/t28-,31-,34-,36-/m1/s1. The first-order valence-corrected chi connectivity index (χ1v) is 15.8. The predicted molar refractivity (Wildman–Crippen MR) is 176 cm³/mol. The lowest BCUT2D eigenvalue weighted by Crippen LogP contribution is -2.63. The molecular weight excluding hydrogens is 602 g/mol. The Labute approximate surface area is 275 Å². The minimum Gasteiger partial charge on any atom is -0.507 e. The van der Waals surface area contributed by atoms with Crippen molar-refractivity contribution in [2.45, 2.75) is 84.8 Å². The molecule has 5 rings (SSSR count). The summed E-state index contributed by atoms with van der Waals surface area (Å²) < 4.78 is 24.6. The number of aliphatic hydroxyl groups excluding tert-OH is 2. The molecule has 2 heterocycles. The molecule has 47 heavy (non-hydrogen) atoms. The highest BCUT2D eigenvalue weighted by Crippen LogP contribution is 2.55. The number of carbonyl (C=O) groups is 1. The second-order valence-corrected chi connectivity index (χ2v) is 13.5. The van der Waals surface area contributed by atoms with Gasteiger partial charge in [-0.1, -0.05) is 42.9 Å². The van der Waals surface area contributed by atoms with Crippen molar-refractivity contribution in [1.29, 1.82) is 0 Å². The number of benzene rings is 2. The van der Waals surface area contributed by atoms with Gasteiger partial charge in [-0.15, -0.1) is 5.10 Å². The van der Waals surface area contributed by atoms with E-state index < -0.39 is 29.2 Å². The summed E-state index contributed by atoms with van der Waals surface area (Å²) in [5, 5.41) is 40.6. The van der Waals surface area contributed by atoms with Gasteiger partial charge in [0.15, 0.2) is 11.5 Å². The Morgan fingerprint density at radius 1 is 1.09 bits per heavy atom. The molecule has 3 aromatic rings. The van der Waals surface area contributed by atoms with Crippen molar-refractivity contribution in [2.75, 3.05) is 14.2 Å². The van der Waals surface area contributed by atoms with Crippen molar-refractivity contribution in [3.05, 3.63) is 70.1 Å². The highest BCUT2D eigenvalue weighted by atomic mass is 16.5. The van der Waals surface area contributed by atoms with Crippen LogP contribution in [0.4, 0.5) is 0 Å². The van der Waals surface area contributed by atoms with E-state index in [0.29, 0.717) is 47.8 Å². The molecule has 2 aromatic carbocycles. The molecule has 2 aliphatic rings. The maximum absolute atomic E-state index is 11.6. The minimum absolute atomic E-state index is 0.0306. The van der Waals surface area contributed by atoms with Crippen molar-refractivity contribution >= 4 is 18.1 Å². The summed E-state index contributed by atoms with van der Waals surface area (Å²) in [7, 11) is 2.91. The Hall–Kier alpha value is -4.35. The summed E-state index contributed by atoms with van der Waals surface area (Å²) in [5.74, 6) is 1.38. The number of aliphatic hydroxyl groups is 2. The highest BCUT2D eigenvalue weighted by Gasteiger charge is 2.58. The third-order valence-corrected chi connectivity index (χ3v) is 9.38. The monoisotopic (exact) mass is 647 g/mol. The number of rotatable bonds is 10. The van der Waals surface area contributed by atoms with Gasteiger partial charge in [0.2, 0.25) is 0 Å². The van der Waals surface area contributed by atoms with E-state index in [2.05, 4.69) is 21.1 Å². The van der Waals surface area contributed by atoms with Gasteiger partial charge in [-0.3, -0.25) is 4.79 Å². The lowest BCUT2D eigenvalue weighted by molar-refractivity contribution is -0.187. The number of hydrogen-bond acceptors (Lipinski definition) is 10. The average Bonchev–Trinajstić information content (AvgIpc) is 3.47. The molecule has 1 fully saturated rings. The van der Waals surface area contributed by atoms with E-state index >= 15 is 0 Å². The molecule has 11 heteroatoms. The number of nitrogens with zero attached hydrogens (tertiary/aromatic N) is 3. The molecule has 0 unspecified atom stereocenters. The van der Waals surface area contributed by atoms with Crippen LogP contribution in [-0.2, 0) is 35.5 Å². The second kappa shape index (κ2) is 13.4. The van der Waals surface area contributed by atoms with Gasteiger partial charge in [-0.25, -0.2) is 4.68 Å². The Morgan fingerprint density at radius 3 is 2.47 bits per heavy atom. The quantitative estimate of drug-likeness (QED) is 0.158. The van der Waals surface area contributed by atoms with Gasteiger partial charge >= 0.3 is 5.97 Å². The summed E-state index contributed by atoms with van der Waals surface area (Å²) in [6, 6.07) is 7.52. The van der Waals surface area contributed by atoms with Crippen LogP contribution in [0.25, 0.3) is 12.2 Å². The number of ether oxygens (including phenoxy) is 4. The molecule has 1 saturated carbocycles. The normalized spacial score (nSPS) is 23.0. The van der Waals surface area contributed by atoms with Gasteiger partial charge in [0, 0.05) is 23.3 Å². The van der Waals surface area contributed by atoms with Gasteiger partial charge in [-0.2, -0.15) is 0 Å². The van der Waals surface area contributed by atoms with Crippen LogP contribution in [0.15, 0.2) is 42.1 Å². The van der Waals surface area contributed by atoms with Crippen LogP contribution in [0.2, 0.25) is 0 Å². The molecule has 11 nitrogen and oxygen atoms in total. The molecule has 252 valence electrons. The lowest BCUT2D eigenvalue weighted by Gasteiger charge is -2.56. The van der Waals surface area contributed by atoms with Gasteiger partial charge in [-0.05, 0) is 74.6 Å². The zero-order valence-corrected chi connectivity index (χ0v) is 28.1. The molecule has 0 radical (unpaired) electrons. The number of methoxy groups -OCH3 is 2. The van der Waals surface area contributed by atoms with E-state index in [0.717, 1.165) is 22.3 Å². The lowest BCUT2D eigenvalue weighted by atomic mass is 9.57. The van der Waals surface area contributed by atoms with Crippen LogP contribution < -0.4 is 14.2 Å². The third-order valence-electron chi connectivity index (χ3n) is 9.38. The largest absolute Gasteiger partial charge is 0.507 e. The summed E-state index contributed by atoms with van der Waals surface area (Å²) >= 11 is 0. The molecule has 4 atom stereocenters. The summed E-state index contributed by atoms with van der Waals surface area (Å²) in [5.41, 5.74) is 3.61. The van der Waals surface area contributed by atoms with Crippen molar-refractivity contribution in [3.63, 3.8) is 0 Å². The van der Waals surface area contributed by atoms with Crippen molar-refractivity contribution in [1.82, 2.24) is 15.0 Å². The van der Waals surface area contributed by atoms with Crippen LogP contribution in [0, 0.1) is 11.3 Å². The molecule has 1 aliphatic heterocycles. The number of aromatic nitrogens is 3. The van der Waals surface area contributed by atoms with E-state index in [9.17, 15) is 20.1 Å². The minimum atomic E-state index is -0.875. The summed E-state index contributed by atoms with van der Waals surface area (Å²) in [4.78, 5) is 11.6. The third kappa shape index (κ3) is 7.16. The average molecular weight is 648 g/mol. The maximum Gasteiger partial charge on any atom is 0.327 e. The second-order valence-electron chi connectivity index (χ2n) is 13.5. The topological polar surface area (TPSA) is 145 Å². The van der Waals surface area contributed by atoms with Gasteiger partial charge < -0.3 is 34.3 Å². The Kier molecular flexibility index (Phi) is 9.70. The van der Waals surface area contributed by atoms with Crippen molar-refractivity contribution < 1.29 is 39.1 Å². The number of phenols is 1. The van der Waals surface area contributed by atoms with E-state index in [4.69, 9.17) is 14.2 Å². The SMILES string of the molecule is COC(=O)Cn1cc(COc2cc(/C=C/c3cc4c(c(OC)c3)O[C@]3(C)C[C@@H](O)[C@@H](O)C(C)(C)[C@H]3C4)cc(O)c2CC=C(C)C)nn1. The molecule has 1 aliphatic carbocycles. The van der Waals surface area contributed by atoms with Crippen LogP contribution in [0.3, 0.4) is 0 Å². The summed E-state index contributed by atoms with van der Waals surface area (Å²) in [6.07, 6.45) is 7.20. The smallest absolute Gasteiger partial charge is 0.327 e.